The van der Waals surface area contributed by atoms with Crippen molar-refractivity contribution in [3.05, 3.63) is 45.0 Å². The molecule has 3 aliphatic carbocycles. The normalized spacial score (nSPS) is 31.2. The highest BCUT2D eigenvalue weighted by atomic mass is 19.1. The minimum Gasteiger partial charge on any atom is -0.512 e. The molecule has 192 valence electrons. The van der Waals surface area contributed by atoms with Crippen molar-refractivity contribution in [1.29, 1.82) is 0 Å². The number of halogens is 1. The van der Waals surface area contributed by atoms with Gasteiger partial charge in [0.2, 0.25) is 5.79 Å². The number of ether oxygens (including phenoxy) is 1. The number of benzene rings is 1. The second-order valence-electron chi connectivity index (χ2n) is 10.5. The summed E-state index contributed by atoms with van der Waals surface area (Å²) in [5.41, 5.74) is 4.91. The summed E-state index contributed by atoms with van der Waals surface area (Å²) in [6.45, 7) is 1.70. The Bertz CT molecular complexity index is 1280. The summed E-state index contributed by atoms with van der Waals surface area (Å²) in [7, 11) is 0. The van der Waals surface area contributed by atoms with Gasteiger partial charge in [-0.2, -0.15) is 0 Å². The van der Waals surface area contributed by atoms with Gasteiger partial charge in [-0.1, -0.05) is 0 Å². The van der Waals surface area contributed by atoms with E-state index in [1.165, 1.54) is 0 Å². The summed E-state index contributed by atoms with van der Waals surface area (Å²) < 4.78 is 21.3. The third-order valence-corrected chi connectivity index (χ3v) is 8.61. The number of primary amides is 1. The van der Waals surface area contributed by atoms with Crippen molar-refractivity contribution in [1.82, 2.24) is 4.90 Å². The first-order valence-electron chi connectivity index (χ1n) is 12.0. The van der Waals surface area contributed by atoms with Gasteiger partial charge in [0, 0.05) is 54.4 Å². The van der Waals surface area contributed by atoms with Crippen molar-refractivity contribution in [3.8, 4) is 5.75 Å². The van der Waals surface area contributed by atoms with E-state index in [1.54, 1.807) is 0 Å². The molecule has 11 heteroatoms. The van der Waals surface area contributed by atoms with Gasteiger partial charge in [0.05, 0.1) is 18.1 Å². The van der Waals surface area contributed by atoms with Crippen molar-refractivity contribution in [3.63, 3.8) is 0 Å². The SMILES string of the molecule is NC(=O)C1=C(O)CC2C[C@@H]3Cc4c(F)c5c(c(O)c4C(O)=C3C(=O)C2C1(O)O)CN(C1CCOC1)C5. The molecule has 7 N–H and O–H groups in total. The van der Waals surface area contributed by atoms with Crippen LogP contribution in [0.15, 0.2) is 16.9 Å². The van der Waals surface area contributed by atoms with Gasteiger partial charge in [-0.05, 0) is 31.1 Å². The lowest BCUT2D eigenvalue weighted by atomic mass is 9.59. The number of nitrogens with zero attached hydrogens (tertiary/aromatic N) is 1. The van der Waals surface area contributed by atoms with E-state index in [0.717, 1.165) is 6.42 Å². The van der Waals surface area contributed by atoms with Crippen LogP contribution < -0.4 is 5.73 Å². The second kappa shape index (κ2) is 7.75. The number of Topliss-reactive ketones (excluding diaryl/α,β-unsaturated/α-hetero) is 1. The molecule has 2 aliphatic heterocycles. The molecule has 1 aromatic carbocycles. The standard InChI is InChI=1S/C25H27FN2O8/c26-20-12-4-9-3-10-5-15(29)19(24(27)33)25(34,35)18(10)23(32)16(9)22(31)17(12)21(30)14-7-28(6-13(14)20)11-1-2-36-8-11/h9-11,18,29-31,34-35H,1-8H2,(H2,27,33)/t9-,10?,11?,18?/m1/s1. The summed E-state index contributed by atoms with van der Waals surface area (Å²) >= 11 is 0. The zero-order chi connectivity index (χ0) is 25.7. The molecule has 5 aliphatic rings. The van der Waals surface area contributed by atoms with Crippen LogP contribution >= 0.6 is 0 Å². The molecule has 0 spiro atoms. The first-order chi connectivity index (χ1) is 17.0. The van der Waals surface area contributed by atoms with Gasteiger partial charge in [0.15, 0.2) is 5.78 Å². The highest BCUT2D eigenvalue weighted by molar-refractivity contribution is 6.07. The molecule has 2 fully saturated rings. The molecule has 0 aromatic heterocycles. The second-order valence-corrected chi connectivity index (χ2v) is 10.5. The summed E-state index contributed by atoms with van der Waals surface area (Å²) in [5, 5.41) is 54.2. The number of carbonyl (C=O) groups excluding carboxylic acids is 2. The van der Waals surface area contributed by atoms with Gasteiger partial charge < -0.3 is 36.0 Å². The van der Waals surface area contributed by atoms with Gasteiger partial charge in [-0.15, -0.1) is 0 Å². The molecule has 6 rings (SSSR count). The molecule has 1 aromatic rings. The van der Waals surface area contributed by atoms with Crippen molar-refractivity contribution >= 4 is 17.4 Å². The van der Waals surface area contributed by atoms with Crippen LogP contribution in [0.3, 0.4) is 0 Å². The number of hydrogen-bond donors (Lipinski definition) is 6. The van der Waals surface area contributed by atoms with E-state index in [9.17, 15) is 35.1 Å². The zero-order valence-corrected chi connectivity index (χ0v) is 19.3. The summed E-state index contributed by atoms with van der Waals surface area (Å²) in [4.78, 5) is 27.4. The van der Waals surface area contributed by atoms with Crippen molar-refractivity contribution in [2.45, 2.75) is 50.6 Å². The van der Waals surface area contributed by atoms with Gasteiger partial charge in [0.25, 0.3) is 5.91 Å². The molecule has 1 saturated heterocycles. The van der Waals surface area contributed by atoms with Crippen molar-refractivity contribution in [2.24, 2.45) is 23.5 Å². The smallest absolute Gasteiger partial charge is 0.253 e. The van der Waals surface area contributed by atoms with Crippen LogP contribution in [-0.4, -0.2) is 67.2 Å². The number of allylic oxidation sites excluding steroid dienone is 2. The number of amides is 1. The predicted molar refractivity (Wildman–Crippen MR) is 121 cm³/mol. The molecule has 4 atom stereocenters. The Morgan fingerprint density at radius 3 is 2.50 bits per heavy atom. The van der Waals surface area contributed by atoms with E-state index in [2.05, 4.69) is 0 Å². The molecular formula is C25H27FN2O8. The van der Waals surface area contributed by atoms with E-state index >= 15 is 4.39 Å². The Labute approximate surface area is 205 Å². The number of carbonyl (C=O) groups is 2. The van der Waals surface area contributed by atoms with Crippen LogP contribution in [0.5, 0.6) is 5.75 Å². The average Bonchev–Trinajstić information content (AvgIpc) is 3.46. The Hall–Kier alpha value is -2.99. The quantitative estimate of drug-likeness (QED) is 0.318. The van der Waals surface area contributed by atoms with E-state index in [0.29, 0.717) is 30.9 Å². The van der Waals surface area contributed by atoms with Crippen molar-refractivity contribution < 1.29 is 44.2 Å². The minimum atomic E-state index is -3.04. The van der Waals surface area contributed by atoms with Gasteiger partial charge in [0.1, 0.15) is 28.7 Å². The molecule has 0 bridgehead atoms. The van der Waals surface area contributed by atoms with Gasteiger partial charge in [-0.25, -0.2) is 4.39 Å². The maximum absolute atomic E-state index is 15.8. The van der Waals surface area contributed by atoms with E-state index < -0.39 is 58.1 Å². The Kier molecular flexibility index (Phi) is 5.04. The van der Waals surface area contributed by atoms with Crippen LogP contribution in [0.25, 0.3) is 5.76 Å². The number of fused-ring (bicyclic) bond motifs is 4. The molecule has 2 heterocycles. The molecule has 10 nitrogen and oxygen atoms in total. The van der Waals surface area contributed by atoms with E-state index in [4.69, 9.17) is 10.5 Å². The number of nitrogens with two attached hydrogens (primary N) is 1. The third kappa shape index (κ3) is 3.03. The van der Waals surface area contributed by atoms with Gasteiger partial charge in [-0.3, -0.25) is 14.5 Å². The summed E-state index contributed by atoms with van der Waals surface area (Å²) in [6.07, 6.45) is 0.741. The number of aromatic hydroxyl groups is 1. The largest absolute Gasteiger partial charge is 0.512 e. The first kappa shape index (κ1) is 23.4. The zero-order valence-electron chi connectivity index (χ0n) is 19.3. The number of ketones is 1. The monoisotopic (exact) mass is 502 g/mol. The fourth-order valence-corrected chi connectivity index (χ4v) is 7.01. The topological polar surface area (TPSA) is 174 Å². The van der Waals surface area contributed by atoms with Gasteiger partial charge >= 0.3 is 0 Å². The predicted octanol–water partition coefficient (Wildman–Crippen LogP) is 0.664. The number of phenolic OH excluding ortho intramolecular Hbond substituents is 1. The van der Waals surface area contributed by atoms with E-state index in [1.807, 2.05) is 4.90 Å². The van der Waals surface area contributed by atoms with Crippen LogP contribution in [0.2, 0.25) is 0 Å². The minimum absolute atomic E-state index is 0.0138. The number of aliphatic hydroxyl groups is 4. The van der Waals surface area contributed by atoms with Crippen LogP contribution in [0, 0.1) is 23.6 Å². The van der Waals surface area contributed by atoms with E-state index in [-0.39, 0.29) is 54.3 Å². The maximum Gasteiger partial charge on any atom is 0.253 e. The highest BCUT2D eigenvalue weighted by Crippen LogP contribution is 2.54. The van der Waals surface area contributed by atoms with Crippen LogP contribution in [-0.2, 0) is 33.8 Å². The lowest BCUT2D eigenvalue weighted by molar-refractivity contribution is -0.197. The number of phenols is 1. The molecule has 36 heavy (non-hydrogen) atoms. The first-order valence-corrected chi connectivity index (χ1v) is 12.0. The lowest BCUT2D eigenvalue weighted by Crippen LogP contribution is -2.57. The Balaban J connectivity index is 1.44. The highest BCUT2D eigenvalue weighted by Gasteiger charge is 2.59. The third-order valence-electron chi connectivity index (χ3n) is 8.61. The number of aliphatic hydroxyl groups excluding tert-OH is 2. The summed E-state index contributed by atoms with van der Waals surface area (Å²) in [6, 6.07) is 0.0920. The number of rotatable bonds is 2. The Morgan fingerprint density at radius 2 is 1.83 bits per heavy atom. The molecule has 3 unspecified atom stereocenters. The van der Waals surface area contributed by atoms with Crippen LogP contribution in [0.1, 0.15) is 41.5 Å². The maximum atomic E-state index is 15.8. The molecular weight excluding hydrogens is 475 g/mol. The average molecular weight is 502 g/mol. The number of hydrogen-bond acceptors (Lipinski definition) is 9. The summed E-state index contributed by atoms with van der Waals surface area (Å²) in [5.74, 6) is -10.2. The Morgan fingerprint density at radius 1 is 1.11 bits per heavy atom. The molecule has 0 radical (unpaired) electrons. The van der Waals surface area contributed by atoms with Crippen LogP contribution in [0.4, 0.5) is 4.39 Å². The fraction of sp³-hybridized carbons (Fsp3) is 0.520. The molecule has 1 saturated carbocycles. The molecule has 1 amide bonds. The van der Waals surface area contributed by atoms with Crippen molar-refractivity contribution in [2.75, 3.05) is 13.2 Å². The lowest BCUT2D eigenvalue weighted by Gasteiger charge is -2.46. The fourth-order valence-electron chi connectivity index (χ4n) is 7.01.